The molecule has 0 amide bonds. The first-order chi connectivity index (χ1) is 10.3. The molecule has 2 N–H and O–H groups in total. The van der Waals surface area contributed by atoms with Crippen LogP contribution < -0.4 is 0 Å². The van der Waals surface area contributed by atoms with Gasteiger partial charge in [-0.3, -0.25) is 9.59 Å². The number of hydrogen-bond donors (Lipinski definition) is 2. The topological polar surface area (TPSA) is 96.6 Å². The van der Waals surface area contributed by atoms with Gasteiger partial charge in [-0.2, -0.15) is 0 Å². The van der Waals surface area contributed by atoms with Gasteiger partial charge in [0.15, 0.2) is 0 Å². The quantitative estimate of drug-likeness (QED) is 0.867. The number of carbonyl (C=O) groups is 3. The number of Topliss-reactive ketones (excluding diaryl/α,β-unsaturated/α-hetero) is 1. The van der Waals surface area contributed by atoms with E-state index in [1.54, 1.807) is 6.92 Å². The third kappa shape index (κ3) is 30.7. The van der Waals surface area contributed by atoms with Crippen LogP contribution in [0.1, 0.15) is 53.9 Å². The molecule has 0 unspecified atom stereocenters. The molecule has 0 radical (unpaired) electrons. The first-order valence-corrected chi connectivity index (χ1v) is 7.31. The summed E-state index contributed by atoms with van der Waals surface area (Å²) in [6.45, 7) is 9.45. The lowest BCUT2D eigenvalue weighted by Gasteiger charge is -1.98. The first kappa shape index (κ1) is 24.9. The highest BCUT2D eigenvalue weighted by atomic mass is 16.4. The van der Waals surface area contributed by atoms with E-state index in [1.807, 2.05) is 42.9 Å². The van der Waals surface area contributed by atoms with Crippen molar-refractivity contribution in [2.24, 2.45) is 0 Å². The summed E-state index contributed by atoms with van der Waals surface area (Å²) in [5, 5.41) is 16.1. The van der Waals surface area contributed by atoms with Crippen molar-refractivity contribution in [3.05, 3.63) is 24.5 Å². The molecule has 0 aliphatic heterocycles. The van der Waals surface area contributed by atoms with E-state index in [2.05, 4.69) is 0 Å². The SMILES string of the molecule is CC.CC(C)=O.CCC(=O)O.O=C(O)CCCn1cccc1. The molecule has 22 heavy (non-hydrogen) atoms. The fraction of sp³-hybridized carbons (Fsp3) is 0.562. The van der Waals surface area contributed by atoms with E-state index >= 15 is 0 Å². The molecule has 0 bridgehead atoms. The first-order valence-electron chi connectivity index (χ1n) is 7.31. The van der Waals surface area contributed by atoms with Gasteiger partial charge in [0.1, 0.15) is 5.78 Å². The predicted octanol–water partition coefficient (Wildman–Crippen LogP) is 3.46. The number of carboxylic acids is 2. The van der Waals surface area contributed by atoms with Crippen molar-refractivity contribution in [2.75, 3.05) is 0 Å². The summed E-state index contributed by atoms with van der Waals surface area (Å²) in [5.74, 6) is -1.30. The number of carbonyl (C=O) groups excluding carboxylic acids is 1. The van der Waals surface area contributed by atoms with Crippen LogP contribution in [0.4, 0.5) is 0 Å². The summed E-state index contributed by atoms with van der Waals surface area (Å²) in [6, 6.07) is 3.86. The van der Waals surface area contributed by atoms with Crippen LogP contribution in [0.15, 0.2) is 24.5 Å². The summed E-state index contributed by atoms with van der Waals surface area (Å²) < 4.78 is 1.98. The van der Waals surface area contributed by atoms with Crippen LogP contribution in [-0.2, 0) is 20.9 Å². The van der Waals surface area contributed by atoms with E-state index in [-0.39, 0.29) is 18.6 Å². The van der Waals surface area contributed by atoms with Crippen molar-refractivity contribution in [3.63, 3.8) is 0 Å². The molecule has 0 saturated carbocycles. The zero-order chi connectivity index (χ0) is 18.0. The Balaban J connectivity index is -0.000000276. The summed E-state index contributed by atoms with van der Waals surface area (Å²) in [6.07, 6.45) is 5.03. The number of aromatic nitrogens is 1. The predicted molar refractivity (Wildman–Crippen MR) is 86.9 cm³/mol. The Hall–Kier alpha value is -2.11. The summed E-state index contributed by atoms with van der Waals surface area (Å²) in [4.78, 5) is 28.9. The fourth-order valence-corrected chi connectivity index (χ4v) is 0.932. The minimum Gasteiger partial charge on any atom is -0.481 e. The molecule has 0 aliphatic rings. The van der Waals surface area contributed by atoms with Crippen LogP contribution in [0.2, 0.25) is 0 Å². The highest BCUT2D eigenvalue weighted by Crippen LogP contribution is 1.96. The molecule has 0 atom stereocenters. The molecule has 1 heterocycles. The van der Waals surface area contributed by atoms with Crippen molar-refractivity contribution < 1.29 is 24.6 Å². The van der Waals surface area contributed by atoms with Crippen LogP contribution in [0.25, 0.3) is 0 Å². The van der Waals surface area contributed by atoms with Crippen LogP contribution >= 0.6 is 0 Å². The molecule has 0 fully saturated rings. The van der Waals surface area contributed by atoms with Gasteiger partial charge in [-0.1, -0.05) is 20.8 Å². The lowest BCUT2D eigenvalue weighted by atomic mass is 10.3. The molecular weight excluding hydrogens is 286 g/mol. The second-order valence-electron chi connectivity index (χ2n) is 4.07. The monoisotopic (exact) mass is 315 g/mol. The molecule has 1 aromatic rings. The molecule has 0 spiro atoms. The second kappa shape index (κ2) is 18.9. The molecule has 0 aliphatic carbocycles. The lowest BCUT2D eigenvalue weighted by Crippen LogP contribution is -1.99. The van der Waals surface area contributed by atoms with Gasteiger partial charge in [-0.15, -0.1) is 0 Å². The van der Waals surface area contributed by atoms with E-state index < -0.39 is 11.9 Å². The third-order valence-corrected chi connectivity index (χ3v) is 1.78. The van der Waals surface area contributed by atoms with Crippen molar-refractivity contribution in [2.45, 2.75) is 60.4 Å². The van der Waals surface area contributed by atoms with Crippen molar-refractivity contribution in [1.29, 1.82) is 0 Å². The molecule has 0 aromatic carbocycles. The van der Waals surface area contributed by atoms with Crippen molar-refractivity contribution >= 4 is 17.7 Å². The minimum atomic E-state index is -0.745. The highest BCUT2D eigenvalue weighted by Gasteiger charge is 1.95. The standard InChI is InChI=1S/C8H11NO2.C3H6O2.C3H6O.C2H6/c10-8(11)4-3-7-9-5-1-2-6-9;1-2-3(4)5;1-3(2)4;1-2/h1-2,5-6H,3-4,7H2,(H,10,11);2H2,1H3,(H,4,5);1-2H3;1-2H3. The molecule has 1 rings (SSSR count). The van der Waals surface area contributed by atoms with E-state index in [9.17, 15) is 14.4 Å². The maximum atomic E-state index is 10.1. The maximum absolute atomic E-state index is 10.1. The van der Waals surface area contributed by atoms with Gasteiger partial charge in [-0.05, 0) is 32.4 Å². The van der Waals surface area contributed by atoms with Gasteiger partial charge in [-0.25, -0.2) is 0 Å². The number of rotatable bonds is 5. The Bertz CT molecular complexity index is 381. The van der Waals surface area contributed by atoms with Crippen LogP contribution in [0.5, 0.6) is 0 Å². The van der Waals surface area contributed by atoms with Crippen molar-refractivity contribution in [3.8, 4) is 0 Å². The smallest absolute Gasteiger partial charge is 0.303 e. The minimum absolute atomic E-state index is 0.167. The van der Waals surface area contributed by atoms with E-state index in [1.165, 1.54) is 13.8 Å². The van der Waals surface area contributed by atoms with Crippen LogP contribution in [0, 0.1) is 0 Å². The number of hydrogen-bond acceptors (Lipinski definition) is 3. The number of aryl methyl sites for hydroxylation is 1. The normalized spacial score (nSPS) is 8.05. The summed E-state index contributed by atoms with van der Waals surface area (Å²) in [7, 11) is 0. The summed E-state index contributed by atoms with van der Waals surface area (Å²) >= 11 is 0. The van der Waals surface area contributed by atoms with E-state index in [0.29, 0.717) is 6.42 Å². The van der Waals surface area contributed by atoms with E-state index in [0.717, 1.165) is 6.54 Å². The Labute approximate surface area is 132 Å². The number of ketones is 1. The number of carboxylic acid groups (broad SMARTS) is 2. The zero-order valence-corrected chi connectivity index (χ0v) is 14.2. The Morgan fingerprint density at radius 3 is 1.59 bits per heavy atom. The Kier molecular flexibility index (Phi) is 21.4. The highest BCUT2D eigenvalue weighted by molar-refractivity contribution is 5.72. The maximum Gasteiger partial charge on any atom is 0.303 e. The Morgan fingerprint density at radius 1 is 0.955 bits per heavy atom. The zero-order valence-electron chi connectivity index (χ0n) is 14.2. The van der Waals surface area contributed by atoms with Crippen LogP contribution in [-0.4, -0.2) is 32.5 Å². The largest absolute Gasteiger partial charge is 0.481 e. The lowest BCUT2D eigenvalue weighted by molar-refractivity contribution is -0.137. The molecule has 1 aromatic heterocycles. The second-order valence-corrected chi connectivity index (χ2v) is 4.07. The van der Waals surface area contributed by atoms with Gasteiger partial charge in [0.2, 0.25) is 0 Å². The van der Waals surface area contributed by atoms with E-state index in [4.69, 9.17) is 10.2 Å². The fourth-order valence-electron chi connectivity index (χ4n) is 0.932. The number of aliphatic carboxylic acids is 2. The van der Waals surface area contributed by atoms with Gasteiger partial charge in [0, 0.05) is 31.8 Å². The van der Waals surface area contributed by atoms with Gasteiger partial charge >= 0.3 is 11.9 Å². The summed E-state index contributed by atoms with van der Waals surface area (Å²) in [5.41, 5.74) is 0. The molecule has 128 valence electrons. The van der Waals surface area contributed by atoms with Crippen LogP contribution in [0.3, 0.4) is 0 Å². The molecule has 0 saturated heterocycles. The van der Waals surface area contributed by atoms with Gasteiger partial charge in [0.25, 0.3) is 0 Å². The van der Waals surface area contributed by atoms with Gasteiger partial charge < -0.3 is 19.6 Å². The molecular formula is C16H29NO5. The molecule has 6 heteroatoms. The molecule has 6 nitrogen and oxygen atoms in total. The van der Waals surface area contributed by atoms with Crippen molar-refractivity contribution in [1.82, 2.24) is 4.57 Å². The third-order valence-electron chi connectivity index (χ3n) is 1.78. The van der Waals surface area contributed by atoms with Gasteiger partial charge in [0.05, 0.1) is 0 Å². The Morgan fingerprint density at radius 2 is 1.32 bits per heavy atom. The number of nitrogens with zero attached hydrogens (tertiary/aromatic N) is 1. The average Bonchev–Trinajstić information content (AvgIpc) is 2.94. The average molecular weight is 315 g/mol.